The highest BCUT2D eigenvalue weighted by atomic mass is 35.5. The minimum Gasteiger partial charge on any atom is -0.481 e. The maximum atomic E-state index is 12.0. The summed E-state index contributed by atoms with van der Waals surface area (Å²) in [6.07, 6.45) is 1.26. The Morgan fingerprint density at radius 3 is 2.70 bits per heavy atom. The van der Waals surface area contributed by atoms with Gasteiger partial charge in [-0.25, -0.2) is 0 Å². The molecule has 1 aromatic heterocycles. The van der Waals surface area contributed by atoms with E-state index in [1.807, 2.05) is 0 Å². The van der Waals surface area contributed by atoms with Crippen LogP contribution in [0.15, 0.2) is 42.6 Å². The quantitative estimate of drug-likeness (QED) is 0.907. The molecule has 0 radical (unpaired) electrons. The number of hydrogen-bond donors (Lipinski definition) is 2. The fourth-order valence-electron chi connectivity index (χ4n) is 1.67. The summed E-state index contributed by atoms with van der Waals surface area (Å²) in [6, 6.07) is 9.72. The summed E-state index contributed by atoms with van der Waals surface area (Å²) in [5, 5.41) is 11.9. The summed E-state index contributed by atoms with van der Waals surface area (Å²) in [5.41, 5.74) is 1.14. The number of carboxylic acid groups (broad SMARTS) is 1. The van der Waals surface area contributed by atoms with E-state index in [4.69, 9.17) is 16.7 Å². The van der Waals surface area contributed by atoms with Crippen LogP contribution in [0.2, 0.25) is 5.02 Å². The first-order chi connectivity index (χ1) is 9.56. The fraction of sp³-hybridized carbons (Fsp3) is 0.0714. The Hall–Kier alpha value is -2.40. The highest BCUT2D eigenvalue weighted by Gasteiger charge is 2.12. The van der Waals surface area contributed by atoms with Gasteiger partial charge in [-0.2, -0.15) is 0 Å². The van der Waals surface area contributed by atoms with Crippen LogP contribution in [0.3, 0.4) is 0 Å². The van der Waals surface area contributed by atoms with E-state index in [1.165, 1.54) is 12.3 Å². The van der Waals surface area contributed by atoms with E-state index in [-0.39, 0.29) is 12.1 Å². The van der Waals surface area contributed by atoms with Crippen molar-refractivity contribution in [2.45, 2.75) is 6.42 Å². The monoisotopic (exact) mass is 290 g/mol. The van der Waals surface area contributed by atoms with Crippen molar-refractivity contribution in [1.82, 2.24) is 4.98 Å². The summed E-state index contributed by atoms with van der Waals surface area (Å²) in [4.78, 5) is 26.7. The number of pyridine rings is 1. The zero-order chi connectivity index (χ0) is 14.5. The number of amides is 1. The Morgan fingerprint density at radius 2 is 2.00 bits per heavy atom. The predicted molar refractivity (Wildman–Crippen MR) is 75.0 cm³/mol. The number of rotatable bonds is 4. The number of hydrogen-bond acceptors (Lipinski definition) is 3. The van der Waals surface area contributed by atoms with E-state index in [9.17, 15) is 9.59 Å². The molecule has 6 heteroatoms. The number of benzene rings is 1. The van der Waals surface area contributed by atoms with Crippen molar-refractivity contribution in [3.05, 3.63) is 58.9 Å². The molecule has 1 amide bonds. The first kappa shape index (κ1) is 14.0. The topological polar surface area (TPSA) is 79.3 Å². The Balaban J connectivity index is 2.21. The molecule has 5 nitrogen and oxygen atoms in total. The van der Waals surface area contributed by atoms with Gasteiger partial charge in [-0.15, -0.1) is 0 Å². The number of anilines is 1. The first-order valence-corrected chi connectivity index (χ1v) is 6.16. The maximum Gasteiger partial charge on any atom is 0.307 e. The molecule has 0 bridgehead atoms. The average Bonchev–Trinajstić information content (AvgIpc) is 2.40. The third-order valence-electron chi connectivity index (χ3n) is 2.56. The van der Waals surface area contributed by atoms with Crippen LogP contribution < -0.4 is 5.32 Å². The molecule has 1 heterocycles. The second-order valence-electron chi connectivity index (χ2n) is 4.04. The summed E-state index contributed by atoms with van der Waals surface area (Å²) >= 11 is 5.79. The lowest BCUT2D eigenvalue weighted by Crippen LogP contribution is -2.15. The number of nitrogens with zero attached hydrogens (tertiary/aromatic N) is 1. The molecule has 0 atom stereocenters. The van der Waals surface area contributed by atoms with Gasteiger partial charge in [0.15, 0.2) is 0 Å². The minimum atomic E-state index is -0.965. The average molecular weight is 291 g/mol. The van der Waals surface area contributed by atoms with Gasteiger partial charge in [0.2, 0.25) is 0 Å². The van der Waals surface area contributed by atoms with Gasteiger partial charge < -0.3 is 10.4 Å². The molecule has 0 aliphatic rings. The second kappa shape index (κ2) is 6.16. The number of carbonyl (C=O) groups is 2. The Bertz CT molecular complexity index is 658. The lowest BCUT2D eigenvalue weighted by molar-refractivity contribution is -0.136. The van der Waals surface area contributed by atoms with Gasteiger partial charge in [0.25, 0.3) is 5.91 Å². The molecule has 0 saturated carbocycles. The third kappa shape index (κ3) is 3.55. The number of nitrogens with one attached hydrogen (secondary N) is 1. The van der Waals surface area contributed by atoms with Gasteiger partial charge in [0.1, 0.15) is 5.69 Å². The summed E-state index contributed by atoms with van der Waals surface area (Å²) < 4.78 is 0. The Kier molecular flexibility index (Phi) is 4.32. The van der Waals surface area contributed by atoms with Crippen LogP contribution in [0.4, 0.5) is 5.69 Å². The highest BCUT2D eigenvalue weighted by Crippen LogP contribution is 2.17. The summed E-state index contributed by atoms with van der Waals surface area (Å²) in [5.74, 6) is -1.40. The minimum absolute atomic E-state index is 0.167. The van der Waals surface area contributed by atoms with Crippen LogP contribution in [0.5, 0.6) is 0 Å². The van der Waals surface area contributed by atoms with Crippen LogP contribution in [-0.2, 0) is 11.2 Å². The Labute approximate surface area is 120 Å². The van der Waals surface area contributed by atoms with E-state index in [0.717, 1.165) is 0 Å². The fourth-order valence-corrected chi connectivity index (χ4v) is 1.83. The van der Waals surface area contributed by atoms with Crippen LogP contribution in [0.1, 0.15) is 16.1 Å². The van der Waals surface area contributed by atoms with Crippen molar-refractivity contribution in [3.8, 4) is 0 Å². The van der Waals surface area contributed by atoms with Crippen LogP contribution >= 0.6 is 11.6 Å². The standard InChI is InChI=1S/C14H11ClN2O3/c15-10-5-6-16-12(8-10)14(20)17-11-4-2-1-3-9(11)7-13(18)19/h1-6,8H,7H2,(H,17,20)(H,18,19). The molecular weight excluding hydrogens is 280 g/mol. The zero-order valence-electron chi connectivity index (χ0n) is 10.3. The van der Waals surface area contributed by atoms with Gasteiger partial charge in [-0.1, -0.05) is 29.8 Å². The van der Waals surface area contributed by atoms with Gasteiger partial charge in [0, 0.05) is 16.9 Å². The van der Waals surface area contributed by atoms with Crippen LogP contribution in [0, 0.1) is 0 Å². The van der Waals surface area contributed by atoms with Crippen LogP contribution in [-0.4, -0.2) is 22.0 Å². The number of carbonyl (C=O) groups excluding carboxylic acids is 1. The smallest absolute Gasteiger partial charge is 0.307 e. The van der Waals surface area contributed by atoms with Crippen LogP contribution in [0.25, 0.3) is 0 Å². The lowest BCUT2D eigenvalue weighted by atomic mass is 10.1. The van der Waals surface area contributed by atoms with E-state index in [1.54, 1.807) is 30.3 Å². The molecule has 0 saturated heterocycles. The van der Waals surface area contributed by atoms with E-state index < -0.39 is 11.9 Å². The normalized spacial score (nSPS) is 10.1. The van der Waals surface area contributed by atoms with E-state index >= 15 is 0 Å². The molecule has 0 aliphatic carbocycles. The van der Waals surface area contributed by atoms with Gasteiger partial charge in [0.05, 0.1) is 6.42 Å². The molecule has 20 heavy (non-hydrogen) atoms. The lowest BCUT2D eigenvalue weighted by Gasteiger charge is -2.09. The zero-order valence-corrected chi connectivity index (χ0v) is 11.1. The molecule has 1 aromatic carbocycles. The van der Waals surface area contributed by atoms with E-state index in [0.29, 0.717) is 16.3 Å². The largest absolute Gasteiger partial charge is 0.481 e. The molecule has 0 fully saturated rings. The van der Waals surface area contributed by atoms with Crippen molar-refractivity contribution in [2.75, 3.05) is 5.32 Å². The van der Waals surface area contributed by atoms with Crippen molar-refractivity contribution in [3.63, 3.8) is 0 Å². The number of aromatic nitrogens is 1. The number of halogens is 1. The highest BCUT2D eigenvalue weighted by molar-refractivity contribution is 6.30. The maximum absolute atomic E-state index is 12.0. The van der Waals surface area contributed by atoms with Gasteiger partial charge in [-0.05, 0) is 23.8 Å². The predicted octanol–water partition coefficient (Wildman–Crippen LogP) is 2.61. The molecule has 2 N–H and O–H groups in total. The Morgan fingerprint density at radius 1 is 1.25 bits per heavy atom. The first-order valence-electron chi connectivity index (χ1n) is 5.79. The van der Waals surface area contributed by atoms with Crippen molar-refractivity contribution >= 4 is 29.2 Å². The summed E-state index contributed by atoms with van der Waals surface area (Å²) in [6.45, 7) is 0. The van der Waals surface area contributed by atoms with Gasteiger partial charge >= 0.3 is 5.97 Å². The van der Waals surface area contributed by atoms with Crippen molar-refractivity contribution in [2.24, 2.45) is 0 Å². The molecular formula is C14H11ClN2O3. The number of aliphatic carboxylic acids is 1. The summed E-state index contributed by atoms with van der Waals surface area (Å²) in [7, 11) is 0. The number of carboxylic acids is 1. The third-order valence-corrected chi connectivity index (χ3v) is 2.80. The van der Waals surface area contributed by atoms with Crippen molar-refractivity contribution < 1.29 is 14.7 Å². The SMILES string of the molecule is O=C(O)Cc1ccccc1NC(=O)c1cc(Cl)ccn1. The molecule has 0 spiro atoms. The van der Waals surface area contributed by atoms with Crippen molar-refractivity contribution in [1.29, 1.82) is 0 Å². The molecule has 2 aromatic rings. The molecule has 102 valence electrons. The molecule has 2 rings (SSSR count). The second-order valence-corrected chi connectivity index (χ2v) is 4.48. The molecule has 0 unspecified atom stereocenters. The number of para-hydroxylation sites is 1. The van der Waals surface area contributed by atoms with E-state index in [2.05, 4.69) is 10.3 Å². The van der Waals surface area contributed by atoms with Gasteiger partial charge in [-0.3, -0.25) is 14.6 Å². The molecule has 0 aliphatic heterocycles.